The van der Waals surface area contributed by atoms with E-state index < -0.39 is 0 Å². The minimum atomic E-state index is -0.112. The maximum atomic E-state index is 5.26. The van der Waals surface area contributed by atoms with Gasteiger partial charge in [0, 0.05) is 5.41 Å². The molecule has 2 heterocycles. The van der Waals surface area contributed by atoms with Gasteiger partial charge < -0.3 is 4.52 Å². The minimum absolute atomic E-state index is 0.112. The van der Waals surface area contributed by atoms with Crippen LogP contribution in [-0.2, 0) is 11.2 Å². The molecule has 0 radical (unpaired) electrons. The summed E-state index contributed by atoms with van der Waals surface area (Å²) in [6.45, 7) is 6.16. The third kappa shape index (κ3) is 3.36. The van der Waals surface area contributed by atoms with E-state index in [1.807, 2.05) is 30.3 Å². The summed E-state index contributed by atoms with van der Waals surface area (Å²) in [6.07, 6.45) is 1.70. The number of thioether (sulfide) groups is 1. The van der Waals surface area contributed by atoms with E-state index in [0.717, 1.165) is 5.69 Å². The van der Waals surface area contributed by atoms with Crippen LogP contribution in [0.1, 0.15) is 32.5 Å². The van der Waals surface area contributed by atoms with Crippen molar-refractivity contribution >= 4 is 11.8 Å². The van der Waals surface area contributed by atoms with E-state index in [1.165, 1.54) is 11.8 Å². The fraction of sp³-hybridized carbons (Fsp3) is 0.333. The molecule has 0 saturated heterocycles. The Balaban J connectivity index is 1.65. The fourth-order valence-corrected chi connectivity index (χ4v) is 2.40. The van der Waals surface area contributed by atoms with E-state index >= 15 is 0 Å². The Bertz CT molecular complexity index is 745. The van der Waals surface area contributed by atoms with E-state index in [4.69, 9.17) is 4.52 Å². The molecule has 3 aromatic rings. The van der Waals surface area contributed by atoms with Crippen molar-refractivity contribution in [1.29, 1.82) is 0 Å². The predicted octanol–water partition coefficient (Wildman–Crippen LogP) is 3.24. The van der Waals surface area contributed by atoms with Crippen LogP contribution in [0, 0.1) is 0 Å². The molecule has 0 aliphatic rings. The number of benzene rings is 1. The molecule has 3 rings (SSSR count). The first kappa shape index (κ1) is 14.8. The van der Waals surface area contributed by atoms with Crippen molar-refractivity contribution in [2.45, 2.75) is 37.1 Å². The zero-order valence-electron chi connectivity index (χ0n) is 12.7. The zero-order chi connectivity index (χ0) is 15.6. The van der Waals surface area contributed by atoms with Crippen molar-refractivity contribution in [1.82, 2.24) is 24.9 Å². The number of aromatic nitrogens is 5. The molecule has 1 aromatic carbocycles. The fourth-order valence-electron chi connectivity index (χ4n) is 1.76. The first-order valence-corrected chi connectivity index (χ1v) is 7.94. The summed E-state index contributed by atoms with van der Waals surface area (Å²) in [7, 11) is 0. The van der Waals surface area contributed by atoms with Crippen LogP contribution < -0.4 is 0 Å². The largest absolute Gasteiger partial charge is 0.338 e. The van der Waals surface area contributed by atoms with Gasteiger partial charge in [-0.25, -0.2) is 9.67 Å². The lowest BCUT2D eigenvalue weighted by Crippen LogP contribution is -2.13. The quantitative estimate of drug-likeness (QED) is 0.688. The molecular formula is C15H17N5OS. The summed E-state index contributed by atoms with van der Waals surface area (Å²) in [6, 6.07) is 9.87. The molecule has 0 fully saturated rings. The Morgan fingerprint density at radius 3 is 2.64 bits per heavy atom. The van der Waals surface area contributed by atoms with E-state index in [-0.39, 0.29) is 5.41 Å². The van der Waals surface area contributed by atoms with E-state index in [2.05, 4.69) is 41.0 Å². The Hall–Kier alpha value is -2.15. The second-order valence-corrected chi connectivity index (χ2v) is 6.80. The second kappa shape index (κ2) is 5.92. The molecule has 0 aliphatic carbocycles. The molecule has 0 N–H and O–H groups in total. The van der Waals surface area contributed by atoms with E-state index in [9.17, 15) is 0 Å². The average Bonchev–Trinajstić information content (AvgIpc) is 3.15. The highest BCUT2D eigenvalue weighted by molar-refractivity contribution is 7.98. The lowest BCUT2D eigenvalue weighted by atomic mass is 9.96. The smallest absolute Gasteiger partial charge is 0.237 e. The Morgan fingerprint density at radius 2 is 1.95 bits per heavy atom. The van der Waals surface area contributed by atoms with Crippen LogP contribution in [0.25, 0.3) is 5.69 Å². The van der Waals surface area contributed by atoms with Crippen LogP contribution in [0.5, 0.6) is 0 Å². The molecule has 0 unspecified atom stereocenters. The van der Waals surface area contributed by atoms with Crippen LogP contribution >= 0.6 is 11.8 Å². The SMILES string of the molecule is CC(C)(C)c1noc(CSc2ncn(-c3ccccc3)n2)n1. The second-order valence-electron chi connectivity index (χ2n) is 5.86. The molecule has 6 nitrogen and oxygen atoms in total. The van der Waals surface area contributed by atoms with Crippen LogP contribution in [0.3, 0.4) is 0 Å². The maximum absolute atomic E-state index is 5.26. The lowest BCUT2D eigenvalue weighted by molar-refractivity contribution is 0.372. The highest BCUT2D eigenvalue weighted by Gasteiger charge is 2.21. The number of nitrogens with zero attached hydrogens (tertiary/aromatic N) is 5. The molecule has 0 bridgehead atoms. The summed E-state index contributed by atoms with van der Waals surface area (Å²) in [5, 5.41) is 9.12. The van der Waals surface area contributed by atoms with Crippen LogP contribution in [0.15, 0.2) is 46.3 Å². The summed E-state index contributed by atoms with van der Waals surface area (Å²) >= 11 is 1.47. The maximum Gasteiger partial charge on any atom is 0.237 e. The summed E-state index contributed by atoms with van der Waals surface area (Å²) < 4.78 is 7.01. The van der Waals surface area contributed by atoms with Gasteiger partial charge in [0.15, 0.2) is 5.82 Å². The van der Waals surface area contributed by atoms with Gasteiger partial charge in [-0.2, -0.15) is 4.98 Å². The van der Waals surface area contributed by atoms with Gasteiger partial charge in [-0.3, -0.25) is 0 Å². The Kier molecular flexibility index (Phi) is 3.98. The van der Waals surface area contributed by atoms with Gasteiger partial charge in [-0.15, -0.1) is 5.10 Å². The monoisotopic (exact) mass is 315 g/mol. The molecule has 114 valence electrons. The standard InChI is InChI=1S/C15H17N5OS/c1-15(2,3)13-17-12(21-19-13)9-22-14-16-10-20(18-14)11-7-5-4-6-8-11/h4-8,10H,9H2,1-3H3. The topological polar surface area (TPSA) is 69.6 Å². The first-order valence-electron chi connectivity index (χ1n) is 6.95. The molecule has 0 amide bonds. The number of para-hydroxylation sites is 1. The summed E-state index contributed by atoms with van der Waals surface area (Å²) in [5.41, 5.74) is 0.870. The summed E-state index contributed by atoms with van der Waals surface area (Å²) in [5.74, 6) is 1.86. The molecule has 7 heteroatoms. The Morgan fingerprint density at radius 1 is 1.18 bits per heavy atom. The lowest BCUT2D eigenvalue weighted by Gasteiger charge is -2.10. The molecule has 0 saturated carbocycles. The summed E-state index contributed by atoms with van der Waals surface area (Å²) in [4.78, 5) is 8.69. The van der Waals surface area contributed by atoms with E-state index in [0.29, 0.717) is 22.6 Å². The van der Waals surface area contributed by atoms with Gasteiger partial charge in [0.1, 0.15) is 6.33 Å². The highest BCUT2D eigenvalue weighted by atomic mass is 32.2. The molecule has 22 heavy (non-hydrogen) atoms. The molecule has 0 spiro atoms. The Labute approximate surface area is 133 Å². The predicted molar refractivity (Wildman–Crippen MR) is 83.9 cm³/mol. The van der Waals surface area contributed by atoms with Crippen LogP contribution in [0.2, 0.25) is 0 Å². The van der Waals surface area contributed by atoms with Crippen molar-refractivity contribution in [3.63, 3.8) is 0 Å². The van der Waals surface area contributed by atoms with Crippen LogP contribution in [0.4, 0.5) is 0 Å². The molecule has 0 aliphatic heterocycles. The zero-order valence-corrected chi connectivity index (χ0v) is 13.5. The van der Waals surface area contributed by atoms with Gasteiger partial charge in [0.05, 0.1) is 11.4 Å². The number of hydrogen-bond donors (Lipinski definition) is 0. The van der Waals surface area contributed by atoms with Gasteiger partial charge in [0.2, 0.25) is 11.0 Å². The molecule has 0 atom stereocenters. The normalized spacial score (nSPS) is 11.8. The van der Waals surface area contributed by atoms with Crippen LogP contribution in [-0.4, -0.2) is 24.9 Å². The molecule has 2 aromatic heterocycles. The van der Waals surface area contributed by atoms with Crippen molar-refractivity contribution in [2.24, 2.45) is 0 Å². The van der Waals surface area contributed by atoms with Gasteiger partial charge >= 0.3 is 0 Å². The van der Waals surface area contributed by atoms with Gasteiger partial charge in [0.25, 0.3) is 0 Å². The van der Waals surface area contributed by atoms with Crippen molar-refractivity contribution < 1.29 is 4.52 Å². The van der Waals surface area contributed by atoms with Gasteiger partial charge in [-0.05, 0) is 12.1 Å². The first-order chi connectivity index (χ1) is 10.5. The molecular weight excluding hydrogens is 298 g/mol. The number of hydrogen-bond acceptors (Lipinski definition) is 6. The highest BCUT2D eigenvalue weighted by Crippen LogP contribution is 2.22. The van der Waals surface area contributed by atoms with Crippen molar-refractivity contribution in [3.05, 3.63) is 48.4 Å². The van der Waals surface area contributed by atoms with Crippen molar-refractivity contribution in [3.8, 4) is 5.69 Å². The number of rotatable bonds is 4. The van der Waals surface area contributed by atoms with Crippen molar-refractivity contribution in [2.75, 3.05) is 0 Å². The van der Waals surface area contributed by atoms with E-state index in [1.54, 1.807) is 11.0 Å². The third-order valence-electron chi connectivity index (χ3n) is 2.96. The minimum Gasteiger partial charge on any atom is -0.338 e. The third-order valence-corrected chi connectivity index (χ3v) is 3.79. The average molecular weight is 315 g/mol. The van der Waals surface area contributed by atoms with Gasteiger partial charge in [-0.1, -0.05) is 55.9 Å².